The van der Waals surface area contributed by atoms with Gasteiger partial charge in [0.2, 0.25) is 5.62 Å². The summed E-state index contributed by atoms with van der Waals surface area (Å²) in [6, 6.07) is 15.0. The van der Waals surface area contributed by atoms with E-state index < -0.39 is 6.10 Å². The van der Waals surface area contributed by atoms with Crippen molar-refractivity contribution < 1.29 is 9.84 Å². The van der Waals surface area contributed by atoms with Gasteiger partial charge in [-0.25, -0.2) is 0 Å². The van der Waals surface area contributed by atoms with Crippen LogP contribution in [0.3, 0.4) is 0 Å². The molecule has 0 fully saturated rings. The topological polar surface area (TPSA) is 63.2 Å². The maximum absolute atomic E-state index is 10.5. The molecule has 1 heterocycles. The number of halogens is 2. The molecule has 7 heteroatoms. The zero-order valence-corrected chi connectivity index (χ0v) is 17.5. The van der Waals surface area contributed by atoms with E-state index in [1.807, 2.05) is 33.4 Å². The predicted octanol–water partition coefficient (Wildman–Crippen LogP) is 4.63. The Balaban J connectivity index is 0.00000280. The number of fused-ring (bicyclic) bond motifs is 1. The summed E-state index contributed by atoms with van der Waals surface area (Å²) >= 11 is 5.87. The van der Waals surface area contributed by atoms with Crippen molar-refractivity contribution in [3.8, 4) is 5.75 Å². The first-order valence-electron chi connectivity index (χ1n) is 9.39. The largest absolute Gasteiger partial charge is 0.491 e. The van der Waals surface area contributed by atoms with Gasteiger partial charge in [-0.05, 0) is 42.8 Å². The minimum atomic E-state index is -0.718. The Morgan fingerprint density at radius 1 is 1.04 bits per heavy atom. The lowest BCUT2D eigenvalue weighted by atomic mass is 10.2. The number of aromatic nitrogens is 2. The molecule has 0 spiro atoms. The van der Waals surface area contributed by atoms with Crippen molar-refractivity contribution in [3.63, 3.8) is 0 Å². The molecule has 0 aliphatic rings. The SMILES string of the molecule is CCCCCn1c(=N)n(CC(O)COc2ccc(Cl)cc2)c2ccccc21.Cl. The van der Waals surface area contributed by atoms with Gasteiger partial charge in [-0.2, -0.15) is 0 Å². The van der Waals surface area contributed by atoms with E-state index in [2.05, 4.69) is 6.92 Å². The number of hydrogen-bond donors (Lipinski definition) is 2. The lowest BCUT2D eigenvalue weighted by Gasteiger charge is -2.14. The maximum Gasteiger partial charge on any atom is 0.203 e. The van der Waals surface area contributed by atoms with E-state index in [0.29, 0.717) is 22.9 Å². The van der Waals surface area contributed by atoms with Crippen molar-refractivity contribution in [3.05, 3.63) is 59.2 Å². The van der Waals surface area contributed by atoms with Gasteiger partial charge in [0.25, 0.3) is 0 Å². The van der Waals surface area contributed by atoms with E-state index in [9.17, 15) is 5.11 Å². The molecule has 0 saturated heterocycles. The normalized spacial score (nSPS) is 12.0. The molecule has 0 amide bonds. The molecule has 28 heavy (non-hydrogen) atoms. The monoisotopic (exact) mass is 423 g/mol. The minimum Gasteiger partial charge on any atom is -0.491 e. The number of unbranched alkanes of at least 4 members (excludes halogenated alkanes) is 2. The van der Waals surface area contributed by atoms with Crippen LogP contribution in [0.4, 0.5) is 0 Å². The van der Waals surface area contributed by atoms with Crippen LogP contribution in [0.2, 0.25) is 5.02 Å². The number of aliphatic hydroxyl groups is 1. The highest BCUT2D eigenvalue weighted by atomic mass is 35.5. The van der Waals surface area contributed by atoms with Gasteiger partial charge in [0.05, 0.1) is 17.6 Å². The number of aliphatic hydroxyl groups excluding tert-OH is 1. The van der Waals surface area contributed by atoms with Crippen molar-refractivity contribution in [1.82, 2.24) is 9.13 Å². The second kappa shape index (κ2) is 10.6. The first kappa shape index (κ1) is 22.3. The Hall–Kier alpha value is -1.95. The molecule has 2 aromatic carbocycles. The molecule has 1 unspecified atom stereocenters. The van der Waals surface area contributed by atoms with Crippen molar-refractivity contribution in [2.75, 3.05) is 6.61 Å². The van der Waals surface area contributed by atoms with E-state index in [1.165, 1.54) is 0 Å². The maximum atomic E-state index is 10.5. The third kappa shape index (κ3) is 5.31. The minimum absolute atomic E-state index is 0. The van der Waals surface area contributed by atoms with E-state index in [-0.39, 0.29) is 19.0 Å². The number of benzene rings is 2. The van der Waals surface area contributed by atoms with Crippen molar-refractivity contribution in [2.24, 2.45) is 0 Å². The summed E-state index contributed by atoms with van der Waals surface area (Å²) in [7, 11) is 0. The molecule has 3 rings (SSSR count). The van der Waals surface area contributed by atoms with Crippen molar-refractivity contribution >= 4 is 35.0 Å². The zero-order chi connectivity index (χ0) is 19.2. The van der Waals surface area contributed by atoms with E-state index in [1.54, 1.807) is 24.3 Å². The van der Waals surface area contributed by atoms with Crippen LogP contribution in [0.5, 0.6) is 5.75 Å². The first-order valence-corrected chi connectivity index (χ1v) is 9.77. The zero-order valence-electron chi connectivity index (χ0n) is 16.0. The Morgan fingerprint density at radius 2 is 1.68 bits per heavy atom. The highest BCUT2D eigenvalue weighted by Crippen LogP contribution is 2.17. The molecule has 0 saturated carbocycles. The average Bonchev–Trinajstić information content (AvgIpc) is 2.94. The van der Waals surface area contributed by atoms with Crippen LogP contribution >= 0.6 is 24.0 Å². The van der Waals surface area contributed by atoms with Crippen LogP contribution in [0.15, 0.2) is 48.5 Å². The second-order valence-corrected chi connectivity index (χ2v) is 7.14. The number of imidazole rings is 1. The van der Waals surface area contributed by atoms with E-state index in [0.717, 1.165) is 36.8 Å². The average molecular weight is 424 g/mol. The van der Waals surface area contributed by atoms with Gasteiger partial charge in [0.1, 0.15) is 18.5 Å². The van der Waals surface area contributed by atoms with E-state index >= 15 is 0 Å². The molecule has 3 aromatic rings. The predicted molar refractivity (Wildman–Crippen MR) is 116 cm³/mol. The van der Waals surface area contributed by atoms with Crippen LogP contribution in [0, 0.1) is 5.41 Å². The molecule has 0 radical (unpaired) electrons. The lowest BCUT2D eigenvalue weighted by Crippen LogP contribution is -2.31. The highest BCUT2D eigenvalue weighted by Gasteiger charge is 2.14. The van der Waals surface area contributed by atoms with Gasteiger partial charge in [0, 0.05) is 11.6 Å². The van der Waals surface area contributed by atoms with Gasteiger partial charge >= 0.3 is 0 Å². The van der Waals surface area contributed by atoms with Crippen molar-refractivity contribution in [2.45, 2.75) is 45.4 Å². The Morgan fingerprint density at radius 3 is 2.32 bits per heavy atom. The van der Waals surface area contributed by atoms with Gasteiger partial charge in [0.15, 0.2) is 0 Å². The third-order valence-corrected chi connectivity index (χ3v) is 4.86. The molecule has 0 bridgehead atoms. The number of ether oxygens (including phenoxy) is 1. The van der Waals surface area contributed by atoms with Gasteiger partial charge < -0.3 is 19.0 Å². The summed E-state index contributed by atoms with van der Waals surface area (Å²) < 4.78 is 9.53. The number of hydrogen-bond acceptors (Lipinski definition) is 3. The van der Waals surface area contributed by atoms with Crippen LogP contribution in [-0.2, 0) is 13.1 Å². The summed E-state index contributed by atoms with van der Waals surface area (Å²) in [4.78, 5) is 0. The van der Waals surface area contributed by atoms with Crippen LogP contribution < -0.4 is 10.4 Å². The summed E-state index contributed by atoms with van der Waals surface area (Å²) in [5, 5.41) is 19.7. The Kier molecular flexibility index (Phi) is 8.42. The summed E-state index contributed by atoms with van der Waals surface area (Å²) in [6.45, 7) is 3.46. The molecule has 2 N–H and O–H groups in total. The number of para-hydroxylation sites is 2. The van der Waals surface area contributed by atoms with Gasteiger partial charge in [-0.3, -0.25) is 5.41 Å². The molecule has 1 atom stereocenters. The summed E-state index contributed by atoms with van der Waals surface area (Å²) in [5.41, 5.74) is 2.41. The van der Waals surface area contributed by atoms with Gasteiger partial charge in [-0.1, -0.05) is 43.5 Å². The summed E-state index contributed by atoms with van der Waals surface area (Å²) in [5.74, 6) is 0.663. The smallest absolute Gasteiger partial charge is 0.203 e. The third-order valence-electron chi connectivity index (χ3n) is 4.61. The highest BCUT2D eigenvalue weighted by molar-refractivity contribution is 6.30. The van der Waals surface area contributed by atoms with Crippen LogP contribution in [-0.4, -0.2) is 27.0 Å². The first-order chi connectivity index (χ1) is 13.1. The fourth-order valence-corrected chi connectivity index (χ4v) is 3.34. The lowest BCUT2D eigenvalue weighted by molar-refractivity contribution is 0.0921. The molecule has 152 valence electrons. The molecular weight excluding hydrogens is 397 g/mol. The fourth-order valence-electron chi connectivity index (χ4n) is 3.21. The fraction of sp³-hybridized carbons (Fsp3) is 0.381. The van der Waals surface area contributed by atoms with Crippen LogP contribution in [0.1, 0.15) is 26.2 Å². The quantitative estimate of drug-likeness (QED) is 0.492. The molecule has 1 aromatic heterocycles. The number of aryl methyl sites for hydroxylation is 1. The molecule has 5 nitrogen and oxygen atoms in total. The molecule has 0 aliphatic heterocycles. The number of nitrogens with one attached hydrogen (secondary N) is 1. The summed E-state index contributed by atoms with van der Waals surface area (Å²) in [6.07, 6.45) is 2.62. The second-order valence-electron chi connectivity index (χ2n) is 6.70. The van der Waals surface area contributed by atoms with E-state index in [4.69, 9.17) is 21.7 Å². The number of rotatable bonds is 9. The van der Waals surface area contributed by atoms with Gasteiger partial charge in [-0.15, -0.1) is 12.4 Å². The molecular formula is C21H27Cl2N3O2. The molecule has 0 aliphatic carbocycles. The number of nitrogens with zero attached hydrogens (tertiary/aromatic N) is 2. The standard InChI is InChI=1S/C21H26ClN3O2.ClH/c1-2-3-6-13-24-19-7-4-5-8-20(19)25(21(24)23)14-17(26)15-27-18-11-9-16(22)10-12-18;/h4-5,7-12,17,23,26H,2-3,6,13-15H2,1H3;1H. The Bertz CT molecular complexity index is 935. The Labute approximate surface area is 176 Å². The van der Waals surface area contributed by atoms with Crippen LogP contribution in [0.25, 0.3) is 11.0 Å². The van der Waals surface area contributed by atoms with Crippen molar-refractivity contribution in [1.29, 1.82) is 5.41 Å².